The zero-order chi connectivity index (χ0) is 17.8. The molecule has 1 aromatic heterocycles. The summed E-state index contributed by atoms with van der Waals surface area (Å²) in [6.45, 7) is 4.12. The van der Waals surface area contributed by atoms with Gasteiger partial charge in [-0.05, 0) is 29.8 Å². The topological polar surface area (TPSA) is 74.0 Å². The largest absolute Gasteiger partial charge is 0.351 e. The smallest absolute Gasteiger partial charge is 0.267 e. The molecule has 25 heavy (non-hydrogen) atoms. The van der Waals surface area contributed by atoms with Gasteiger partial charge in [-0.15, -0.1) is 0 Å². The highest BCUT2D eigenvalue weighted by molar-refractivity contribution is 5.98. The summed E-state index contributed by atoms with van der Waals surface area (Å²) in [6, 6.07) is 17.1. The molecule has 0 bridgehead atoms. The van der Waals surface area contributed by atoms with Crippen molar-refractivity contribution in [2.45, 2.75) is 20.4 Å². The molecule has 5 heteroatoms. The monoisotopic (exact) mass is 335 g/mol. The third-order valence-electron chi connectivity index (χ3n) is 3.97. The number of benzene rings is 2. The molecule has 2 aromatic carbocycles. The van der Waals surface area contributed by atoms with Crippen LogP contribution < -0.4 is 10.6 Å². The van der Waals surface area contributed by atoms with E-state index in [0.29, 0.717) is 12.2 Å². The lowest BCUT2D eigenvalue weighted by Crippen LogP contribution is -2.23. The van der Waals surface area contributed by atoms with Gasteiger partial charge in [-0.25, -0.2) is 0 Å². The first-order valence-electron chi connectivity index (χ1n) is 8.28. The number of hydrogen-bond donors (Lipinski definition) is 3. The fourth-order valence-corrected chi connectivity index (χ4v) is 2.47. The standard InChI is InChI=1S/C20H21N3O2/c1-13(2)19(24)22-16-9-7-14(8-10-16)12-21-20(25)18-11-15-5-3-4-6-17(15)23-18/h3-11,13,23H,12H2,1-2H3,(H,21,25)(H,22,24). The molecule has 128 valence electrons. The van der Waals surface area contributed by atoms with Crippen LogP contribution in [0.5, 0.6) is 0 Å². The number of anilines is 1. The van der Waals surface area contributed by atoms with Gasteiger partial charge in [-0.1, -0.05) is 44.2 Å². The summed E-state index contributed by atoms with van der Waals surface area (Å²) < 4.78 is 0. The van der Waals surface area contributed by atoms with Gasteiger partial charge in [0.25, 0.3) is 5.91 Å². The average molecular weight is 335 g/mol. The molecule has 0 saturated heterocycles. The van der Waals surface area contributed by atoms with Crippen LogP contribution in [0.2, 0.25) is 0 Å². The molecule has 0 fully saturated rings. The van der Waals surface area contributed by atoms with Crippen LogP contribution >= 0.6 is 0 Å². The van der Waals surface area contributed by atoms with Gasteiger partial charge in [-0.2, -0.15) is 0 Å². The number of fused-ring (bicyclic) bond motifs is 1. The SMILES string of the molecule is CC(C)C(=O)Nc1ccc(CNC(=O)c2cc3ccccc3[nH]2)cc1. The molecular formula is C20H21N3O2. The summed E-state index contributed by atoms with van der Waals surface area (Å²) in [6.07, 6.45) is 0. The van der Waals surface area contributed by atoms with Gasteiger partial charge >= 0.3 is 0 Å². The van der Waals surface area contributed by atoms with Gasteiger partial charge < -0.3 is 15.6 Å². The average Bonchev–Trinajstić information content (AvgIpc) is 3.05. The normalized spacial score (nSPS) is 10.8. The number of H-pyrrole nitrogens is 1. The number of carbonyl (C=O) groups is 2. The molecule has 5 nitrogen and oxygen atoms in total. The minimum absolute atomic E-state index is 0.0140. The number of aromatic nitrogens is 1. The maximum atomic E-state index is 12.3. The van der Waals surface area contributed by atoms with Crippen molar-refractivity contribution >= 4 is 28.4 Å². The fourth-order valence-electron chi connectivity index (χ4n) is 2.47. The zero-order valence-corrected chi connectivity index (χ0v) is 14.3. The Morgan fingerprint density at radius 3 is 2.44 bits per heavy atom. The van der Waals surface area contributed by atoms with Crippen molar-refractivity contribution in [1.29, 1.82) is 0 Å². The van der Waals surface area contributed by atoms with E-state index in [9.17, 15) is 9.59 Å². The highest BCUT2D eigenvalue weighted by Crippen LogP contribution is 2.15. The Bertz CT molecular complexity index is 862. The van der Waals surface area contributed by atoms with E-state index in [2.05, 4.69) is 15.6 Å². The molecule has 3 aromatic rings. The highest BCUT2D eigenvalue weighted by Gasteiger charge is 2.09. The summed E-state index contributed by atoms with van der Waals surface area (Å²) in [5.74, 6) is -0.219. The predicted molar refractivity (Wildman–Crippen MR) is 99.4 cm³/mol. The minimum atomic E-state index is -0.145. The lowest BCUT2D eigenvalue weighted by Gasteiger charge is -2.09. The molecule has 0 atom stereocenters. The van der Waals surface area contributed by atoms with Gasteiger partial charge in [0.15, 0.2) is 0 Å². The first kappa shape index (κ1) is 16.8. The Morgan fingerprint density at radius 2 is 1.76 bits per heavy atom. The lowest BCUT2D eigenvalue weighted by molar-refractivity contribution is -0.118. The third-order valence-corrected chi connectivity index (χ3v) is 3.97. The molecule has 2 amide bonds. The summed E-state index contributed by atoms with van der Waals surface area (Å²) in [7, 11) is 0. The van der Waals surface area contributed by atoms with Crippen LogP contribution in [0.3, 0.4) is 0 Å². The van der Waals surface area contributed by atoms with Crippen LogP contribution in [0.15, 0.2) is 54.6 Å². The number of nitrogens with one attached hydrogen (secondary N) is 3. The van der Waals surface area contributed by atoms with Crippen molar-refractivity contribution in [3.05, 3.63) is 65.9 Å². The molecule has 0 saturated carbocycles. The molecule has 3 rings (SSSR count). The maximum Gasteiger partial charge on any atom is 0.267 e. The van der Waals surface area contributed by atoms with E-state index in [0.717, 1.165) is 22.2 Å². The predicted octanol–water partition coefficient (Wildman–Crippen LogP) is 3.69. The molecule has 0 aliphatic rings. The van der Waals surface area contributed by atoms with Crippen molar-refractivity contribution < 1.29 is 9.59 Å². The third kappa shape index (κ3) is 4.07. The van der Waals surface area contributed by atoms with E-state index in [-0.39, 0.29) is 17.7 Å². The van der Waals surface area contributed by atoms with Crippen LogP contribution in [0.1, 0.15) is 29.9 Å². The second-order valence-corrected chi connectivity index (χ2v) is 6.29. The summed E-state index contributed by atoms with van der Waals surface area (Å²) in [5.41, 5.74) is 3.20. The number of carbonyl (C=O) groups excluding carboxylic acids is 2. The van der Waals surface area contributed by atoms with E-state index in [1.165, 1.54) is 0 Å². The molecule has 1 heterocycles. The number of amides is 2. The molecule has 0 radical (unpaired) electrons. The molecule has 3 N–H and O–H groups in total. The quantitative estimate of drug-likeness (QED) is 0.665. The van der Waals surface area contributed by atoms with Crippen LogP contribution in [0.4, 0.5) is 5.69 Å². The van der Waals surface area contributed by atoms with E-state index >= 15 is 0 Å². The molecule has 0 spiro atoms. The molecule has 0 unspecified atom stereocenters. The van der Waals surface area contributed by atoms with Crippen molar-refractivity contribution in [1.82, 2.24) is 10.3 Å². The van der Waals surface area contributed by atoms with E-state index in [1.54, 1.807) is 0 Å². The first-order chi connectivity index (χ1) is 12.0. The number of aromatic amines is 1. The van der Waals surface area contributed by atoms with E-state index in [1.807, 2.05) is 68.4 Å². The van der Waals surface area contributed by atoms with Crippen molar-refractivity contribution in [3.8, 4) is 0 Å². The Morgan fingerprint density at radius 1 is 1.04 bits per heavy atom. The van der Waals surface area contributed by atoms with Crippen molar-refractivity contribution in [3.63, 3.8) is 0 Å². The molecule has 0 aliphatic heterocycles. The van der Waals surface area contributed by atoms with Gasteiger partial charge in [0, 0.05) is 29.1 Å². The highest BCUT2D eigenvalue weighted by atomic mass is 16.2. The summed E-state index contributed by atoms with van der Waals surface area (Å²) in [5, 5.41) is 6.75. The molecular weight excluding hydrogens is 314 g/mol. The van der Waals surface area contributed by atoms with Crippen LogP contribution in [-0.2, 0) is 11.3 Å². The summed E-state index contributed by atoms with van der Waals surface area (Å²) >= 11 is 0. The van der Waals surface area contributed by atoms with Crippen molar-refractivity contribution in [2.24, 2.45) is 5.92 Å². The van der Waals surface area contributed by atoms with Crippen molar-refractivity contribution in [2.75, 3.05) is 5.32 Å². The molecule has 0 aliphatic carbocycles. The first-order valence-corrected chi connectivity index (χ1v) is 8.28. The van der Waals surface area contributed by atoms with Crippen LogP contribution in [0, 0.1) is 5.92 Å². The fraction of sp³-hybridized carbons (Fsp3) is 0.200. The number of rotatable bonds is 5. The second-order valence-electron chi connectivity index (χ2n) is 6.29. The van der Waals surface area contributed by atoms with Gasteiger partial charge in [0.1, 0.15) is 5.69 Å². The Hall–Kier alpha value is -3.08. The summed E-state index contributed by atoms with van der Waals surface area (Å²) in [4.78, 5) is 27.1. The maximum absolute atomic E-state index is 12.3. The van der Waals surface area contributed by atoms with Crippen LogP contribution in [0.25, 0.3) is 10.9 Å². The Kier molecular flexibility index (Phi) is 4.84. The number of hydrogen-bond acceptors (Lipinski definition) is 2. The number of para-hydroxylation sites is 1. The van der Waals surface area contributed by atoms with Crippen LogP contribution in [-0.4, -0.2) is 16.8 Å². The zero-order valence-electron chi connectivity index (χ0n) is 14.3. The van der Waals surface area contributed by atoms with Gasteiger partial charge in [-0.3, -0.25) is 9.59 Å². The Labute approximate surface area is 146 Å². The van der Waals surface area contributed by atoms with E-state index < -0.39 is 0 Å². The van der Waals surface area contributed by atoms with Gasteiger partial charge in [0.05, 0.1) is 0 Å². The lowest BCUT2D eigenvalue weighted by atomic mass is 10.1. The minimum Gasteiger partial charge on any atom is -0.351 e. The Balaban J connectivity index is 1.59. The second kappa shape index (κ2) is 7.21. The van der Waals surface area contributed by atoms with E-state index in [4.69, 9.17) is 0 Å². The van der Waals surface area contributed by atoms with Gasteiger partial charge in [0.2, 0.25) is 5.91 Å².